The second-order valence-electron chi connectivity index (χ2n) is 6.76. The molecule has 3 aromatic rings. The number of piperazine rings is 1. The van der Waals surface area contributed by atoms with E-state index in [1.807, 2.05) is 32.2 Å². The molecule has 0 atom stereocenters. The smallest absolute Gasteiger partial charge is 0.229 e. The monoisotopic (exact) mass is 371 g/mol. The molecule has 0 aliphatic carbocycles. The number of halogens is 1. The predicted molar refractivity (Wildman–Crippen MR) is 105 cm³/mol. The molecule has 1 fully saturated rings. The van der Waals surface area contributed by atoms with E-state index in [-0.39, 0.29) is 0 Å². The van der Waals surface area contributed by atoms with E-state index in [4.69, 9.17) is 21.6 Å². The van der Waals surface area contributed by atoms with E-state index >= 15 is 0 Å². The van der Waals surface area contributed by atoms with E-state index < -0.39 is 0 Å². The second-order valence-corrected chi connectivity index (χ2v) is 7.16. The van der Waals surface area contributed by atoms with Crippen molar-refractivity contribution >= 4 is 40.1 Å². The van der Waals surface area contributed by atoms with Crippen molar-refractivity contribution in [1.82, 2.24) is 24.6 Å². The SMILES string of the molecule is Cc1ccc(Nc2nc(N3CCN(C)CC3)nc3c2cnn3C)cc1Cl. The molecule has 1 saturated heterocycles. The molecule has 8 heteroatoms. The summed E-state index contributed by atoms with van der Waals surface area (Å²) in [6.45, 7) is 5.82. The van der Waals surface area contributed by atoms with Crippen molar-refractivity contribution < 1.29 is 0 Å². The zero-order valence-electron chi connectivity index (χ0n) is 15.2. The third-order valence-electron chi connectivity index (χ3n) is 4.80. The molecule has 1 aromatic carbocycles. The van der Waals surface area contributed by atoms with Gasteiger partial charge in [-0.25, -0.2) is 0 Å². The highest BCUT2D eigenvalue weighted by atomic mass is 35.5. The summed E-state index contributed by atoms with van der Waals surface area (Å²) in [6.07, 6.45) is 1.79. The molecule has 26 heavy (non-hydrogen) atoms. The highest BCUT2D eigenvalue weighted by Gasteiger charge is 2.20. The van der Waals surface area contributed by atoms with Crippen molar-refractivity contribution in [1.29, 1.82) is 0 Å². The van der Waals surface area contributed by atoms with Gasteiger partial charge in [0, 0.05) is 43.9 Å². The van der Waals surface area contributed by atoms with Crippen LogP contribution < -0.4 is 10.2 Å². The largest absolute Gasteiger partial charge is 0.339 e. The molecular weight excluding hydrogens is 350 g/mol. The highest BCUT2D eigenvalue weighted by Crippen LogP contribution is 2.28. The molecule has 1 aliphatic heterocycles. The van der Waals surface area contributed by atoms with Crippen LogP contribution in [0.25, 0.3) is 11.0 Å². The maximum Gasteiger partial charge on any atom is 0.229 e. The van der Waals surface area contributed by atoms with Gasteiger partial charge in [-0.1, -0.05) is 17.7 Å². The van der Waals surface area contributed by atoms with Crippen molar-refractivity contribution in [3.63, 3.8) is 0 Å². The van der Waals surface area contributed by atoms with Crippen LogP contribution in [0.5, 0.6) is 0 Å². The molecule has 0 spiro atoms. The van der Waals surface area contributed by atoms with Crippen LogP contribution in [0.15, 0.2) is 24.4 Å². The van der Waals surface area contributed by atoms with Crippen LogP contribution in [-0.4, -0.2) is 57.9 Å². The molecule has 136 valence electrons. The minimum absolute atomic E-state index is 0.728. The van der Waals surface area contributed by atoms with Gasteiger partial charge in [-0.2, -0.15) is 15.1 Å². The van der Waals surface area contributed by atoms with Gasteiger partial charge in [-0.05, 0) is 31.7 Å². The Morgan fingerprint density at radius 1 is 1.08 bits per heavy atom. The van der Waals surface area contributed by atoms with Gasteiger partial charge in [-0.3, -0.25) is 4.68 Å². The first kappa shape index (κ1) is 17.1. The summed E-state index contributed by atoms with van der Waals surface area (Å²) < 4.78 is 1.78. The summed E-state index contributed by atoms with van der Waals surface area (Å²) in [5, 5.41) is 9.36. The van der Waals surface area contributed by atoms with Crippen LogP contribution in [0.3, 0.4) is 0 Å². The zero-order chi connectivity index (χ0) is 18.3. The average Bonchev–Trinajstić information content (AvgIpc) is 3.00. The number of nitrogens with zero attached hydrogens (tertiary/aromatic N) is 6. The van der Waals surface area contributed by atoms with Crippen LogP contribution >= 0.6 is 11.6 Å². The number of likely N-dealkylation sites (N-methyl/N-ethyl adjacent to an activating group) is 1. The van der Waals surface area contributed by atoms with Crippen LogP contribution in [-0.2, 0) is 7.05 Å². The summed E-state index contributed by atoms with van der Waals surface area (Å²) in [5.41, 5.74) is 2.76. The fourth-order valence-corrected chi connectivity index (χ4v) is 3.24. The lowest BCUT2D eigenvalue weighted by molar-refractivity contribution is 0.311. The maximum absolute atomic E-state index is 6.27. The predicted octanol–water partition coefficient (Wildman–Crippen LogP) is 2.82. The third kappa shape index (κ3) is 3.20. The van der Waals surface area contributed by atoms with Gasteiger partial charge in [0.05, 0.1) is 11.6 Å². The molecule has 2 aromatic heterocycles. The lowest BCUT2D eigenvalue weighted by Gasteiger charge is -2.32. The second kappa shape index (κ2) is 6.74. The molecular formula is C18H22ClN7. The summed E-state index contributed by atoms with van der Waals surface area (Å²) >= 11 is 6.27. The normalized spacial score (nSPS) is 15.6. The first-order valence-electron chi connectivity index (χ1n) is 8.67. The summed E-state index contributed by atoms with van der Waals surface area (Å²) in [7, 11) is 4.03. The Labute approximate surface area is 157 Å². The molecule has 1 aliphatic rings. The molecule has 0 unspecified atom stereocenters. The fraction of sp³-hybridized carbons (Fsp3) is 0.389. The molecule has 3 heterocycles. The standard InChI is InChI=1S/C18H22ClN7/c1-12-4-5-13(10-15(12)19)21-16-14-11-20-25(3)17(14)23-18(22-16)26-8-6-24(2)7-9-26/h4-5,10-11H,6-9H2,1-3H3,(H,21,22,23). The topological polar surface area (TPSA) is 62.1 Å². The summed E-state index contributed by atoms with van der Waals surface area (Å²) in [4.78, 5) is 14.1. The molecule has 1 N–H and O–H groups in total. The van der Waals surface area contributed by atoms with Crippen molar-refractivity contribution in [2.75, 3.05) is 43.4 Å². The Kier molecular flexibility index (Phi) is 4.42. The number of aryl methyl sites for hydroxylation is 2. The van der Waals surface area contributed by atoms with Crippen molar-refractivity contribution in [2.45, 2.75) is 6.92 Å². The quantitative estimate of drug-likeness (QED) is 0.763. The Morgan fingerprint density at radius 3 is 2.58 bits per heavy atom. The Hall–Kier alpha value is -2.38. The number of rotatable bonds is 3. The van der Waals surface area contributed by atoms with Crippen molar-refractivity contribution in [3.05, 3.63) is 35.0 Å². The van der Waals surface area contributed by atoms with E-state index in [9.17, 15) is 0 Å². The highest BCUT2D eigenvalue weighted by molar-refractivity contribution is 6.31. The van der Waals surface area contributed by atoms with E-state index in [0.717, 1.165) is 65.3 Å². The van der Waals surface area contributed by atoms with Crippen LogP contribution in [0.1, 0.15) is 5.56 Å². The number of aromatic nitrogens is 4. The van der Waals surface area contributed by atoms with Crippen LogP contribution in [0.2, 0.25) is 5.02 Å². The average molecular weight is 372 g/mol. The Bertz CT molecular complexity index is 944. The summed E-state index contributed by atoms with van der Waals surface area (Å²) in [6, 6.07) is 5.91. The van der Waals surface area contributed by atoms with Gasteiger partial charge >= 0.3 is 0 Å². The van der Waals surface area contributed by atoms with Crippen molar-refractivity contribution in [2.24, 2.45) is 7.05 Å². The van der Waals surface area contributed by atoms with Gasteiger partial charge in [0.25, 0.3) is 0 Å². The first-order chi connectivity index (χ1) is 12.5. The summed E-state index contributed by atoms with van der Waals surface area (Å²) in [5.74, 6) is 1.48. The van der Waals surface area contributed by atoms with Crippen LogP contribution in [0.4, 0.5) is 17.5 Å². The molecule has 0 bridgehead atoms. The third-order valence-corrected chi connectivity index (χ3v) is 5.21. The van der Waals surface area contributed by atoms with Gasteiger partial charge in [0.15, 0.2) is 5.65 Å². The van der Waals surface area contributed by atoms with Gasteiger partial charge in [-0.15, -0.1) is 0 Å². The number of benzene rings is 1. The fourth-order valence-electron chi connectivity index (χ4n) is 3.06. The molecule has 0 amide bonds. The minimum atomic E-state index is 0.728. The van der Waals surface area contributed by atoms with E-state index in [1.165, 1.54) is 0 Å². The lowest BCUT2D eigenvalue weighted by atomic mass is 10.2. The minimum Gasteiger partial charge on any atom is -0.339 e. The van der Waals surface area contributed by atoms with Gasteiger partial charge < -0.3 is 15.1 Å². The number of fused-ring (bicyclic) bond motifs is 1. The molecule has 4 rings (SSSR count). The van der Waals surface area contributed by atoms with E-state index in [0.29, 0.717) is 0 Å². The maximum atomic E-state index is 6.27. The zero-order valence-corrected chi connectivity index (χ0v) is 16.0. The Balaban J connectivity index is 1.73. The Morgan fingerprint density at radius 2 is 1.85 bits per heavy atom. The lowest BCUT2D eigenvalue weighted by Crippen LogP contribution is -2.45. The van der Waals surface area contributed by atoms with Gasteiger partial charge in [0.1, 0.15) is 5.82 Å². The van der Waals surface area contributed by atoms with E-state index in [2.05, 4.69) is 27.3 Å². The molecule has 7 nitrogen and oxygen atoms in total. The number of hydrogen-bond acceptors (Lipinski definition) is 6. The van der Waals surface area contributed by atoms with Crippen molar-refractivity contribution in [3.8, 4) is 0 Å². The van der Waals surface area contributed by atoms with Gasteiger partial charge in [0.2, 0.25) is 5.95 Å². The molecule has 0 saturated carbocycles. The first-order valence-corrected chi connectivity index (χ1v) is 9.05. The van der Waals surface area contributed by atoms with Crippen LogP contribution in [0, 0.1) is 6.92 Å². The number of hydrogen-bond donors (Lipinski definition) is 1. The molecule has 0 radical (unpaired) electrons. The van der Waals surface area contributed by atoms with E-state index in [1.54, 1.807) is 10.9 Å². The number of nitrogens with one attached hydrogen (secondary N) is 1. The number of anilines is 3.